The zero-order valence-electron chi connectivity index (χ0n) is 13.4. The Morgan fingerprint density at radius 3 is 2.77 bits per heavy atom. The van der Waals surface area contributed by atoms with Gasteiger partial charge in [-0.05, 0) is 36.8 Å². The van der Waals surface area contributed by atoms with Crippen molar-refractivity contribution in [2.45, 2.75) is 19.1 Å². The number of aromatic nitrogens is 1. The third-order valence-electron chi connectivity index (χ3n) is 3.78. The lowest BCUT2D eigenvalue weighted by molar-refractivity contribution is -0.110. The van der Waals surface area contributed by atoms with Crippen LogP contribution in [0.4, 0.5) is 5.82 Å². The van der Waals surface area contributed by atoms with E-state index in [-0.39, 0.29) is 12.1 Å². The second-order valence-corrected chi connectivity index (χ2v) is 5.37. The van der Waals surface area contributed by atoms with E-state index in [0.29, 0.717) is 0 Å². The molecule has 1 N–H and O–H groups in total. The van der Waals surface area contributed by atoms with Crippen LogP contribution in [0.5, 0.6) is 5.75 Å². The molecule has 0 saturated carbocycles. The summed E-state index contributed by atoms with van der Waals surface area (Å²) in [5.41, 5.74) is 0.946. The van der Waals surface area contributed by atoms with Crippen LogP contribution >= 0.6 is 0 Å². The topological polar surface area (TPSA) is 54.5 Å². The Labute approximate surface area is 131 Å². The highest BCUT2D eigenvalue weighted by Gasteiger charge is 2.29. The summed E-state index contributed by atoms with van der Waals surface area (Å²) in [5.74, 6) is 1.78. The number of anilines is 1. The van der Waals surface area contributed by atoms with Gasteiger partial charge in [-0.25, -0.2) is 4.98 Å². The van der Waals surface area contributed by atoms with Gasteiger partial charge in [-0.1, -0.05) is 18.2 Å². The average molecular weight is 299 g/mol. The van der Waals surface area contributed by atoms with Crippen molar-refractivity contribution < 1.29 is 10.9 Å². The van der Waals surface area contributed by atoms with E-state index < -0.39 is 6.39 Å². The molecule has 1 aliphatic rings. The maximum absolute atomic E-state index is 10.8. The van der Waals surface area contributed by atoms with Crippen LogP contribution in [0.25, 0.3) is 0 Å². The summed E-state index contributed by atoms with van der Waals surface area (Å²) in [5, 5.41) is 2.54. The van der Waals surface area contributed by atoms with Crippen molar-refractivity contribution in [2.75, 3.05) is 18.0 Å². The van der Waals surface area contributed by atoms with E-state index >= 15 is 0 Å². The standard InChI is InChI=1S/C17H19N3O2/c1-13(19-12-21)14-5-7-15(8-6-14)22-16-10-20(11-16)17-4-2-3-9-18-17/h2-9,12-13,16H,10-11H2,1H3,(H,19,21)/i12T. The van der Waals surface area contributed by atoms with Crippen molar-refractivity contribution in [3.05, 3.63) is 54.2 Å². The van der Waals surface area contributed by atoms with Crippen LogP contribution in [0, 0.1) is 0 Å². The number of rotatable bonds is 5. The van der Waals surface area contributed by atoms with Gasteiger partial charge in [0.25, 0.3) is 0 Å². The summed E-state index contributed by atoms with van der Waals surface area (Å²) in [7, 11) is 0. The van der Waals surface area contributed by atoms with Gasteiger partial charge in [0.1, 0.15) is 19.0 Å². The van der Waals surface area contributed by atoms with Crippen molar-refractivity contribution in [1.82, 2.24) is 10.3 Å². The van der Waals surface area contributed by atoms with Gasteiger partial charge in [0.05, 0.1) is 19.1 Å². The molecule has 5 heteroatoms. The molecule has 1 unspecified atom stereocenters. The third kappa shape index (κ3) is 3.19. The Bertz CT molecular complexity index is 657. The summed E-state index contributed by atoms with van der Waals surface area (Å²) in [6, 6.07) is 13.3. The van der Waals surface area contributed by atoms with E-state index in [1.807, 2.05) is 49.4 Å². The van der Waals surface area contributed by atoms with Gasteiger partial charge in [0, 0.05) is 6.20 Å². The number of ether oxygens (including phenoxy) is 1. The molecule has 22 heavy (non-hydrogen) atoms. The third-order valence-corrected chi connectivity index (χ3v) is 3.78. The molecule has 1 aromatic heterocycles. The predicted molar refractivity (Wildman–Crippen MR) is 84.9 cm³/mol. The zero-order chi connectivity index (χ0) is 16.2. The van der Waals surface area contributed by atoms with Crippen molar-refractivity contribution in [3.8, 4) is 5.75 Å². The molecule has 1 fully saturated rings. The first-order valence-electron chi connectivity index (χ1n) is 7.81. The Morgan fingerprint density at radius 2 is 2.14 bits per heavy atom. The fourth-order valence-corrected chi connectivity index (χ4v) is 2.44. The maximum atomic E-state index is 10.8. The monoisotopic (exact) mass is 299 g/mol. The number of nitrogens with zero attached hydrogens (tertiary/aromatic N) is 2. The van der Waals surface area contributed by atoms with Crippen LogP contribution in [-0.4, -0.2) is 30.6 Å². The second-order valence-electron chi connectivity index (χ2n) is 5.37. The minimum atomic E-state index is -0.776. The smallest absolute Gasteiger partial charge is 0.207 e. The normalized spacial score (nSPS) is 16.4. The molecule has 2 heterocycles. The van der Waals surface area contributed by atoms with E-state index in [9.17, 15) is 4.79 Å². The molecular weight excluding hydrogens is 278 g/mol. The summed E-state index contributed by atoms with van der Waals surface area (Å²) >= 11 is 0. The summed E-state index contributed by atoms with van der Waals surface area (Å²) in [4.78, 5) is 17.2. The van der Waals surface area contributed by atoms with Crippen molar-refractivity contribution in [1.29, 1.82) is 0 Å². The minimum absolute atomic E-state index is 0.160. The molecule has 0 bridgehead atoms. The molecule has 1 saturated heterocycles. The van der Waals surface area contributed by atoms with Gasteiger partial charge in [-0.3, -0.25) is 4.79 Å². The van der Waals surface area contributed by atoms with Crippen molar-refractivity contribution in [2.24, 2.45) is 0 Å². The van der Waals surface area contributed by atoms with Crippen LogP contribution in [0.1, 0.15) is 19.9 Å². The van der Waals surface area contributed by atoms with Gasteiger partial charge in [-0.15, -0.1) is 0 Å². The van der Waals surface area contributed by atoms with Gasteiger partial charge in [-0.2, -0.15) is 0 Å². The fourth-order valence-electron chi connectivity index (χ4n) is 2.44. The van der Waals surface area contributed by atoms with Crippen LogP contribution in [-0.2, 0) is 4.79 Å². The minimum Gasteiger partial charge on any atom is -0.487 e. The summed E-state index contributed by atoms with van der Waals surface area (Å²) < 4.78 is 12.9. The van der Waals surface area contributed by atoms with Crippen LogP contribution in [0.3, 0.4) is 0 Å². The zero-order valence-corrected chi connectivity index (χ0v) is 12.4. The number of carbonyl (C=O) groups excluding carboxylic acids is 1. The second kappa shape index (κ2) is 6.47. The molecule has 1 amide bonds. The Morgan fingerprint density at radius 1 is 1.36 bits per heavy atom. The summed E-state index contributed by atoms with van der Waals surface area (Å²) in [6.07, 6.45) is 1.18. The van der Waals surface area contributed by atoms with Crippen LogP contribution in [0.15, 0.2) is 48.7 Å². The maximum Gasteiger partial charge on any atom is 0.207 e. The number of amides is 1. The van der Waals surface area contributed by atoms with E-state index in [1.54, 1.807) is 6.20 Å². The van der Waals surface area contributed by atoms with Gasteiger partial charge >= 0.3 is 0 Å². The number of nitrogens with one attached hydrogen (secondary N) is 1. The van der Waals surface area contributed by atoms with E-state index in [0.717, 1.165) is 30.2 Å². The molecule has 0 spiro atoms. The molecule has 1 aromatic carbocycles. The molecule has 3 rings (SSSR count). The summed E-state index contributed by atoms with van der Waals surface area (Å²) in [6.45, 7) is 3.49. The van der Waals surface area contributed by atoms with Gasteiger partial charge in [0.15, 0.2) is 0 Å². The first-order chi connectivity index (χ1) is 11.1. The molecule has 0 radical (unpaired) electrons. The Balaban J connectivity index is 1.51. The number of benzene rings is 1. The molecule has 114 valence electrons. The lowest BCUT2D eigenvalue weighted by atomic mass is 10.1. The number of hydrogen-bond acceptors (Lipinski definition) is 4. The van der Waals surface area contributed by atoms with E-state index in [1.165, 1.54) is 0 Å². The number of carbonyl (C=O) groups is 1. The number of hydrogen-bond donors (Lipinski definition) is 1. The largest absolute Gasteiger partial charge is 0.487 e. The van der Waals surface area contributed by atoms with Crippen LogP contribution < -0.4 is 15.0 Å². The Kier molecular flexibility index (Phi) is 3.86. The van der Waals surface area contributed by atoms with Crippen molar-refractivity contribution in [3.63, 3.8) is 0 Å². The first kappa shape index (κ1) is 13.1. The highest BCUT2D eigenvalue weighted by atomic mass is 16.5. The van der Waals surface area contributed by atoms with E-state index in [2.05, 4.69) is 15.2 Å². The average Bonchev–Trinajstić information content (AvgIpc) is 2.51. The first-order valence-corrected chi connectivity index (χ1v) is 7.31. The molecule has 2 aromatic rings. The highest BCUT2D eigenvalue weighted by Crippen LogP contribution is 2.23. The molecular formula is C17H19N3O2. The Hall–Kier alpha value is -2.56. The molecule has 1 atom stereocenters. The lowest BCUT2D eigenvalue weighted by Crippen LogP contribution is -2.54. The molecule has 0 aliphatic carbocycles. The fraction of sp³-hybridized carbons (Fsp3) is 0.294. The van der Waals surface area contributed by atoms with Gasteiger partial charge in [0.2, 0.25) is 6.39 Å². The molecule has 1 aliphatic heterocycles. The lowest BCUT2D eigenvalue weighted by Gasteiger charge is -2.39. The SMILES string of the molecule is [3H]C(=O)NC(C)c1ccc(OC2CN(c3ccccn3)C2)cc1. The predicted octanol–water partition coefficient (Wildman–Crippen LogP) is 2.16. The quantitative estimate of drug-likeness (QED) is 0.860. The molecule has 5 nitrogen and oxygen atoms in total. The van der Waals surface area contributed by atoms with Crippen LogP contribution in [0.2, 0.25) is 0 Å². The number of pyridine rings is 1. The highest BCUT2D eigenvalue weighted by molar-refractivity contribution is 5.48. The van der Waals surface area contributed by atoms with Crippen molar-refractivity contribution >= 4 is 12.2 Å². The van der Waals surface area contributed by atoms with E-state index in [4.69, 9.17) is 6.11 Å². The van der Waals surface area contributed by atoms with Gasteiger partial charge < -0.3 is 15.0 Å².